The lowest BCUT2D eigenvalue weighted by atomic mass is 10.1. The molecule has 0 radical (unpaired) electrons. The van der Waals surface area contributed by atoms with E-state index in [0.29, 0.717) is 0 Å². The summed E-state index contributed by atoms with van der Waals surface area (Å²) in [5.74, 6) is -1.56. The summed E-state index contributed by atoms with van der Waals surface area (Å²) in [7, 11) is 1.34. The molecule has 1 unspecified atom stereocenters. The molecule has 0 spiro atoms. The predicted octanol–water partition coefficient (Wildman–Crippen LogP) is 1.81. The maximum absolute atomic E-state index is 13.5. The fourth-order valence-corrected chi connectivity index (χ4v) is 1.21. The highest BCUT2D eigenvalue weighted by Gasteiger charge is 2.17. The van der Waals surface area contributed by atoms with Crippen molar-refractivity contribution in [3.63, 3.8) is 0 Å². The first kappa shape index (κ1) is 10.9. The van der Waals surface area contributed by atoms with Crippen LogP contribution in [0, 0.1) is 5.82 Å². The molecular formula is C9H9ClFNO2. The first-order valence-corrected chi connectivity index (χ1v) is 4.26. The van der Waals surface area contributed by atoms with Crippen LogP contribution in [0.4, 0.5) is 4.39 Å². The van der Waals surface area contributed by atoms with Crippen LogP contribution in [0.2, 0.25) is 0 Å². The second-order valence-electron chi connectivity index (χ2n) is 2.62. The Balaban J connectivity index is 3.20. The van der Waals surface area contributed by atoms with E-state index in [9.17, 15) is 9.18 Å². The molecule has 0 aliphatic heterocycles. The smallest absolute Gasteiger partial charge is 0.251 e. The first-order chi connectivity index (χ1) is 6.57. The van der Waals surface area contributed by atoms with Gasteiger partial charge in [-0.25, -0.2) is 4.39 Å². The topological polar surface area (TPSA) is 52.3 Å². The number of methoxy groups -OCH3 is 1. The van der Waals surface area contributed by atoms with Gasteiger partial charge < -0.3 is 10.5 Å². The van der Waals surface area contributed by atoms with Crippen LogP contribution in [0.1, 0.15) is 21.5 Å². The molecule has 0 aromatic heterocycles. The Labute approximate surface area is 85.6 Å². The first-order valence-electron chi connectivity index (χ1n) is 3.83. The van der Waals surface area contributed by atoms with Gasteiger partial charge in [-0.05, 0) is 6.07 Å². The van der Waals surface area contributed by atoms with Gasteiger partial charge >= 0.3 is 0 Å². The van der Waals surface area contributed by atoms with Crippen molar-refractivity contribution in [2.24, 2.45) is 5.73 Å². The number of hydrogen-bond acceptors (Lipinski definition) is 2. The van der Waals surface area contributed by atoms with E-state index in [4.69, 9.17) is 22.1 Å². The van der Waals surface area contributed by atoms with E-state index < -0.39 is 17.3 Å². The van der Waals surface area contributed by atoms with Crippen LogP contribution in [0.15, 0.2) is 18.2 Å². The Kier molecular flexibility index (Phi) is 3.43. The molecule has 0 aliphatic rings. The molecule has 76 valence electrons. The van der Waals surface area contributed by atoms with Crippen LogP contribution in [0.3, 0.4) is 0 Å². The second kappa shape index (κ2) is 4.39. The molecule has 1 rings (SSSR count). The van der Waals surface area contributed by atoms with Gasteiger partial charge in [0.05, 0.1) is 5.56 Å². The van der Waals surface area contributed by atoms with Gasteiger partial charge in [-0.3, -0.25) is 4.79 Å². The number of hydrogen-bond donors (Lipinski definition) is 1. The summed E-state index contributed by atoms with van der Waals surface area (Å²) in [6, 6.07) is 4.22. The molecule has 0 saturated carbocycles. The van der Waals surface area contributed by atoms with Crippen molar-refractivity contribution >= 4 is 17.5 Å². The number of carbonyl (C=O) groups excluding carboxylic acids is 1. The van der Waals surface area contributed by atoms with Crippen molar-refractivity contribution in [3.8, 4) is 0 Å². The molecule has 3 nitrogen and oxygen atoms in total. The lowest BCUT2D eigenvalue weighted by Crippen LogP contribution is -2.14. The van der Waals surface area contributed by atoms with Crippen LogP contribution >= 0.6 is 11.6 Å². The predicted molar refractivity (Wildman–Crippen MR) is 50.5 cm³/mol. The van der Waals surface area contributed by atoms with Crippen molar-refractivity contribution < 1.29 is 13.9 Å². The monoisotopic (exact) mass is 217 g/mol. The lowest BCUT2D eigenvalue weighted by molar-refractivity contribution is 0.0995. The zero-order valence-electron chi connectivity index (χ0n) is 7.46. The van der Waals surface area contributed by atoms with E-state index in [-0.39, 0.29) is 11.1 Å². The van der Waals surface area contributed by atoms with Crippen molar-refractivity contribution in [2.45, 2.75) is 5.56 Å². The molecule has 0 heterocycles. The number of ether oxygens (including phenoxy) is 1. The molecule has 1 atom stereocenters. The molecule has 1 aromatic carbocycles. The highest BCUT2D eigenvalue weighted by atomic mass is 35.5. The molecule has 0 bridgehead atoms. The molecular weight excluding hydrogens is 209 g/mol. The van der Waals surface area contributed by atoms with Gasteiger partial charge in [0.15, 0.2) is 5.56 Å². The summed E-state index contributed by atoms with van der Waals surface area (Å²) in [6.45, 7) is 0. The quantitative estimate of drug-likeness (QED) is 0.785. The number of alkyl halides is 1. The number of halogens is 2. The Morgan fingerprint density at radius 1 is 1.64 bits per heavy atom. The van der Waals surface area contributed by atoms with Gasteiger partial charge in [0.2, 0.25) is 0 Å². The Morgan fingerprint density at radius 3 is 2.79 bits per heavy atom. The zero-order valence-corrected chi connectivity index (χ0v) is 8.22. The second-order valence-corrected chi connectivity index (χ2v) is 3.02. The number of amides is 1. The van der Waals surface area contributed by atoms with E-state index in [1.54, 1.807) is 0 Å². The molecule has 1 aromatic rings. The van der Waals surface area contributed by atoms with Crippen LogP contribution in [-0.2, 0) is 4.74 Å². The van der Waals surface area contributed by atoms with Crippen molar-refractivity contribution in [2.75, 3.05) is 7.11 Å². The van der Waals surface area contributed by atoms with Crippen molar-refractivity contribution in [1.82, 2.24) is 0 Å². The third-order valence-electron chi connectivity index (χ3n) is 1.75. The number of carbonyl (C=O) groups is 1. The largest absolute Gasteiger partial charge is 0.366 e. The molecule has 0 fully saturated rings. The maximum atomic E-state index is 13.5. The summed E-state index contributed by atoms with van der Waals surface area (Å²) in [5, 5.41) is 0. The molecule has 5 heteroatoms. The summed E-state index contributed by atoms with van der Waals surface area (Å²) in [4.78, 5) is 10.8. The molecule has 14 heavy (non-hydrogen) atoms. The summed E-state index contributed by atoms with van der Waals surface area (Å²) < 4.78 is 18.2. The van der Waals surface area contributed by atoms with Crippen LogP contribution < -0.4 is 5.73 Å². The van der Waals surface area contributed by atoms with E-state index >= 15 is 0 Å². The molecule has 0 saturated heterocycles. The molecule has 2 N–H and O–H groups in total. The third kappa shape index (κ3) is 2.02. The Morgan fingerprint density at radius 2 is 2.29 bits per heavy atom. The summed E-state index contributed by atoms with van der Waals surface area (Å²) in [5.41, 5.74) is 3.95. The van der Waals surface area contributed by atoms with Crippen LogP contribution in [0.25, 0.3) is 0 Å². The van der Waals surface area contributed by atoms with Gasteiger partial charge in [0, 0.05) is 12.7 Å². The lowest BCUT2D eigenvalue weighted by Gasteiger charge is -2.10. The SMILES string of the molecule is COC(Cl)c1cccc(C(N)=O)c1F. The summed E-state index contributed by atoms with van der Waals surface area (Å²) in [6.07, 6.45) is 0. The fourth-order valence-electron chi connectivity index (χ4n) is 1.04. The standard InChI is InChI=1S/C9H9ClFNO2/c1-14-8(10)5-3-2-4-6(7(5)11)9(12)13/h2-4,8H,1H3,(H2,12,13). The van der Waals surface area contributed by atoms with E-state index in [1.807, 2.05) is 0 Å². The average Bonchev–Trinajstić information content (AvgIpc) is 2.16. The fraction of sp³-hybridized carbons (Fsp3) is 0.222. The highest BCUT2D eigenvalue weighted by Crippen LogP contribution is 2.25. The van der Waals surface area contributed by atoms with Gasteiger partial charge in [-0.2, -0.15) is 0 Å². The number of rotatable bonds is 3. The van der Waals surface area contributed by atoms with Crippen molar-refractivity contribution in [1.29, 1.82) is 0 Å². The summed E-state index contributed by atoms with van der Waals surface area (Å²) >= 11 is 5.66. The van der Waals surface area contributed by atoms with Gasteiger partial charge in [-0.1, -0.05) is 23.7 Å². The van der Waals surface area contributed by atoms with Crippen LogP contribution in [-0.4, -0.2) is 13.0 Å². The molecule has 0 aliphatic carbocycles. The number of primary amides is 1. The Bertz CT molecular complexity index is 357. The van der Waals surface area contributed by atoms with Gasteiger partial charge in [0.1, 0.15) is 5.82 Å². The molecule has 1 amide bonds. The van der Waals surface area contributed by atoms with Gasteiger partial charge in [0.25, 0.3) is 5.91 Å². The minimum absolute atomic E-state index is 0.102. The Hall–Kier alpha value is -1.13. The highest BCUT2D eigenvalue weighted by molar-refractivity contribution is 6.20. The maximum Gasteiger partial charge on any atom is 0.251 e. The van der Waals surface area contributed by atoms with Gasteiger partial charge in [-0.15, -0.1) is 0 Å². The third-order valence-corrected chi connectivity index (χ3v) is 2.16. The van der Waals surface area contributed by atoms with E-state index in [1.165, 1.54) is 25.3 Å². The normalized spacial score (nSPS) is 12.5. The zero-order chi connectivity index (χ0) is 10.7. The average molecular weight is 218 g/mol. The van der Waals surface area contributed by atoms with E-state index in [2.05, 4.69) is 0 Å². The minimum Gasteiger partial charge on any atom is -0.366 e. The van der Waals surface area contributed by atoms with Crippen molar-refractivity contribution in [3.05, 3.63) is 35.1 Å². The number of benzene rings is 1. The van der Waals surface area contributed by atoms with Crippen LogP contribution in [0.5, 0.6) is 0 Å². The minimum atomic E-state index is -0.922. The number of nitrogens with two attached hydrogens (primary N) is 1. The van der Waals surface area contributed by atoms with E-state index in [0.717, 1.165) is 0 Å².